The third-order valence-corrected chi connectivity index (χ3v) is 3.16. The Morgan fingerprint density at radius 2 is 2.00 bits per heavy atom. The summed E-state index contributed by atoms with van der Waals surface area (Å²) in [5, 5.41) is 4.83. The van der Waals surface area contributed by atoms with Gasteiger partial charge in [-0.3, -0.25) is 0 Å². The van der Waals surface area contributed by atoms with Crippen molar-refractivity contribution in [2.75, 3.05) is 12.8 Å². The van der Waals surface area contributed by atoms with Gasteiger partial charge in [0.2, 0.25) is 5.95 Å². The van der Waals surface area contributed by atoms with E-state index in [9.17, 15) is 0 Å². The molecule has 0 radical (unpaired) electrons. The Hall–Kier alpha value is -2.27. The summed E-state index contributed by atoms with van der Waals surface area (Å²) in [5.41, 5.74) is 7.91. The minimum absolute atomic E-state index is 0.192. The lowest BCUT2D eigenvalue weighted by Crippen LogP contribution is -1.97. The maximum absolute atomic E-state index is 6.22. The van der Waals surface area contributed by atoms with Crippen molar-refractivity contribution in [2.24, 2.45) is 0 Å². The molecule has 0 atom stereocenters. The lowest BCUT2D eigenvalue weighted by molar-refractivity contribution is 0.416. The predicted molar refractivity (Wildman–Crippen MR) is 74.4 cm³/mol. The number of hydrogen-bond donors (Lipinski definition) is 1. The lowest BCUT2D eigenvalue weighted by atomic mass is 10.1. The lowest BCUT2D eigenvalue weighted by Gasteiger charge is -2.08. The molecule has 1 aromatic carbocycles. The SMILES string of the molecule is COc1ccc(-c2ccccc2Cl)n2nc(N)nc12. The van der Waals surface area contributed by atoms with Gasteiger partial charge in [0.1, 0.15) is 0 Å². The summed E-state index contributed by atoms with van der Waals surface area (Å²) in [6, 6.07) is 11.2. The van der Waals surface area contributed by atoms with E-state index < -0.39 is 0 Å². The van der Waals surface area contributed by atoms with Crippen molar-refractivity contribution >= 4 is 23.2 Å². The van der Waals surface area contributed by atoms with Gasteiger partial charge < -0.3 is 10.5 Å². The molecule has 0 aliphatic heterocycles. The van der Waals surface area contributed by atoms with E-state index in [0.29, 0.717) is 16.4 Å². The third-order valence-electron chi connectivity index (χ3n) is 2.83. The van der Waals surface area contributed by atoms with Crippen LogP contribution in [0, 0.1) is 0 Å². The van der Waals surface area contributed by atoms with Crippen LogP contribution < -0.4 is 10.5 Å². The average Bonchev–Trinajstić information content (AvgIpc) is 2.80. The van der Waals surface area contributed by atoms with Crippen molar-refractivity contribution in [1.29, 1.82) is 0 Å². The fourth-order valence-electron chi connectivity index (χ4n) is 1.99. The number of aromatic nitrogens is 3. The van der Waals surface area contributed by atoms with Crippen LogP contribution >= 0.6 is 11.6 Å². The van der Waals surface area contributed by atoms with Gasteiger partial charge in [-0.05, 0) is 18.2 Å². The van der Waals surface area contributed by atoms with Gasteiger partial charge in [0.15, 0.2) is 11.4 Å². The topological polar surface area (TPSA) is 65.4 Å². The number of rotatable bonds is 2. The molecular formula is C13H11ClN4O. The van der Waals surface area contributed by atoms with Gasteiger partial charge in [0.05, 0.1) is 12.8 Å². The highest BCUT2D eigenvalue weighted by Crippen LogP contribution is 2.30. The molecule has 0 unspecified atom stereocenters. The molecule has 0 bridgehead atoms. The molecule has 5 nitrogen and oxygen atoms in total. The van der Waals surface area contributed by atoms with E-state index in [4.69, 9.17) is 22.1 Å². The van der Waals surface area contributed by atoms with Gasteiger partial charge in [0, 0.05) is 10.6 Å². The molecule has 2 N–H and O–H groups in total. The molecular weight excluding hydrogens is 264 g/mol. The number of anilines is 1. The predicted octanol–water partition coefficient (Wildman–Crippen LogP) is 2.64. The van der Waals surface area contributed by atoms with E-state index in [1.807, 2.05) is 36.4 Å². The molecule has 3 rings (SSSR count). The van der Waals surface area contributed by atoms with Crippen LogP contribution in [0.1, 0.15) is 0 Å². The van der Waals surface area contributed by atoms with Crippen molar-refractivity contribution in [3.8, 4) is 17.0 Å². The number of nitrogen functional groups attached to an aromatic ring is 1. The van der Waals surface area contributed by atoms with Gasteiger partial charge in [0.25, 0.3) is 0 Å². The van der Waals surface area contributed by atoms with Crippen molar-refractivity contribution in [2.45, 2.75) is 0 Å². The summed E-state index contributed by atoms with van der Waals surface area (Å²) >= 11 is 6.22. The molecule has 0 spiro atoms. The Kier molecular flexibility index (Phi) is 2.76. The van der Waals surface area contributed by atoms with E-state index in [2.05, 4.69) is 10.1 Å². The quantitative estimate of drug-likeness (QED) is 0.780. The number of nitrogens with zero attached hydrogens (tertiary/aromatic N) is 3. The van der Waals surface area contributed by atoms with Crippen LogP contribution in [0.2, 0.25) is 5.02 Å². The van der Waals surface area contributed by atoms with Crippen molar-refractivity contribution in [3.63, 3.8) is 0 Å². The molecule has 19 heavy (non-hydrogen) atoms. The Bertz CT molecular complexity index is 753. The van der Waals surface area contributed by atoms with Crippen molar-refractivity contribution < 1.29 is 4.74 Å². The normalized spacial score (nSPS) is 10.8. The van der Waals surface area contributed by atoms with Gasteiger partial charge in [-0.25, -0.2) is 4.52 Å². The number of ether oxygens (including phenoxy) is 1. The van der Waals surface area contributed by atoms with Gasteiger partial charge in [-0.2, -0.15) is 4.98 Å². The van der Waals surface area contributed by atoms with Crippen molar-refractivity contribution in [3.05, 3.63) is 41.4 Å². The summed E-state index contributed by atoms with van der Waals surface area (Å²) < 4.78 is 6.88. The summed E-state index contributed by atoms with van der Waals surface area (Å²) in [6.07, 6.45) is 0. The average molecular weight is 275 g/mol. The van der Waals surface area contributed by atoms with E-state index in [1.165, 1.54) is 0 Å². The second-order valence-electron chi connectivity index (χ2n) is 3.97. The fraction of sp³-hybridized carbons (Fsp3) is 0.0769. The highest BCUT2D eigenvalue weighted by molar-refractivity contribution is 6.33. The second kappa shape index (κ2) is 4.44. The first-order chi connectivity index (χ1) is 9.20. The van der Waals surface area contributed by atoms with Crippen LogP contribution in [0.5, 0.6) is 5.75 Å². The standard InChI is InChI=1S/C13H11ClN4O/c1-19-11-7-6-10(8-4-2-3-5-9(8)14)18-12(11)16-13(15)17-18/h2-7H,1H3,(H2,15,17). The third kappa shape index (κ3) is 1.88. The Labute approximate surface area is 114 Å². The Morgan fingerprint density at radius 3 is 2.74 bits per heavy atom. The van der Waals surface area contributed by atoms with E-state index in [0.717, 1.165) is 11.3 Å². The number of halogens is 1. The maximum Gasteiger partial charge on any atom is 0.240 e. The molecule has 3 aromatic rings. The Balaban J connectivity index is 2.34. The number of benzene rings is 1. The number of nitrogens with two attached hydrogens (primary N) is 1. The number of pyridine rings is 1. The van der Waals surface area contributed by atoms with Crippen LogP contribution in [0.15, 0.2) is 36.4 Å². The molecule has 0 aliphatic rings. The first-order valence-corrected chi connectivity index (χ1v) is 6.02. The zero-order chi connectivity index (χ0) is 13.4. The smallest absolute Gasteiger partial charge is 0.240 e. The summed E-state index contributed by atoms with van der Waals surface area (Å²) in [5.74, 6) is 0.804. The van der Waals surface area contributed by atoms with Crippen molar-refractivity contribution in [1.82, 2.24) is 14.6 Å². The van der Waals surface area contributed by atoms with E-state index in [-0.39, 0.29) is 5.95 Å². The van der Waals surface area contributed by atoms with E-state index >= 15 is 0 Å². The number of fused-ring (bicyclic) bond motifs is 1. The highest BCUT2D eigenvalue weighted by Gasteiger charge is 2.13. The molecule has 2 heterocycles. The molecule has 0 amide bonds. The molecule has 96 valence electrons. The minimum Gasteiger partial charge on any atom is -0.493 e. The summed E-state index contributed by atoms with van der Waals surface area (Å²) in [7, 11) is 1.58. The van der Waals surface area contributed by atoms with Crippen LogP contribution in [0.25, 0.3) is 16.9 Å². The largest absolute Gasteiger partial charge is 0.493 e. The van der Waals surface area contributed by atoms with Gasteiger partial charge >= 0.3 is 0 Å². The summed E-state index contributed by atoms with van der Waals surface area (Å²) in [4.78, 5) is 4.16. The minimum atomic E-state index is 0.192. The Morgan fingerprint density at radius 1 is 1.21 bits per heavy atom. The molecule has 0 aliphatic carbocycles. The van der Waals surface area contributed by atoms with Crippen LogP contribution in [-0.2, 0) is 0 Å². The zero-order valence-electron chi connectivity index (χ0n) is 10.2. The maximum atomic E-state index is 6.22. The van der Waals surface area contributed by atoms with Gasteiger partial charge in [-0.15, -0.1) is 5.10 Å². The first kappa shape index (κ1) is 11.8. The first-order valence-electron chi connectivity index (χ1n) is 5.65. The molecule has 2 aromatic heterocycles. The van der Waals surface area contributed by atoms with Crippen LogP contribution in [0.3, 0.4) is 0 Å². The monoisotopic (exact) mass is 274 g/mol. The second-order valence-corrected chi connectivity index (χ2v) is 4.38. The highest BCUT2D eigenvalue weighted by atomic mass is 35.5. The molecule has 0 saturated carbocycles. The van der Waals surface area contributed by atoms with Gasteiger partial charge in [-0.1, -0.05) is 29.8 Å². The zero-order valence-corrected chi connectivity index (χ0v) is 10.9. The number of hydrogen-bond acceptors (Lipinski definition) is 4. The van der Waals surface area contributed by atoms with Crippen LogP contribution in [0.4, 0.5) is 5.95 Å². The summed E-state index contributed by atoms with van der Waals surface area (Å²) in [6.45, 7) is 0. The molecule has 6 heteroatoms. The fourth-order valence-corrected chi connectivity index (χ4v) is 2.22. The van der Waals surface area contributed by atoms with E-state index in [1.54, 1.807) is 11.6 Å². The number of methoxy groups -OCH3 is 1. The molecule has 0 fully saturated rings. The molecule has 0 saturated heterocycles. The van der Waals surface area contributed by atoms with Crippen LogP contribution in [-0.4, -0.2) is 21.7 Å².